The number of rotatable bonds is 10. The molecule has 0 spiro atoms. The molecule has 0 aliphatic heterocycles. The summed E-state index contributed by atoms with van der Waals surface area (Å²) in [5.41, 5.74) is 1.94. The number of ether oxygens (including phenoxy) is 2. The molecule has 28 heavy (non-hydrogen) atoms. The first-order valence-corrected chi connectivity index (χ1v) is 9.35. The minimum atomic E-state index is 0. The predicted molar refractivity (Wildman–Crippen MR) is 123 cm³/mol. The average molecular weight is 470 g/mol. The van der Waals surface area contributed by atoms with Crippen LogP contribution < -0.4 is 14.8 Å². The summed E-state index contributed by atoms with van der Waals surface area (Å²) in [6, 6.07) is 11.3. The van der Waals surface area contributed by atoms with E-state index in [2.05, 4.69) is 24.3 Å². The smallest absolute Gasteiger partial charge is 0.166 e. The van der Waals surface area contributed by atoms with Crippen LogP contribution in [0.2, 0.25) is 10.0 Å². The lowest BCUT2D eigenvalue weighted by Gasteiger charge is -2.16. The molecule has 0 radical (unpaired) electrons. The second-order valence-electron chi connectivity index (χ2n) is 6.31. The van der Waals surface area contributed by atoms with Crippen molar-refractivity contribution in [2.24, 2.45) is 0 Å². The van der Waals surface area contributed by atoms with Gasteiger partial charge in [0.1, 0.15) is 6.61 Å². The van der Waals surface area contributed by atoms with Crippen molar-refractivity contribution < 1.29 is 9.47 Å². The minimum absolute atomic E-state index is 0. The van der Waals surface area contributed by atoms with Gasteiger partial charge in [-0.05, 0) is 51.8 Å². The van der Waals surface area contributed by atoms with Gasteiger partial charge in [0.25, 0.3) is 0 Å². The molecule has 0 aromatic heterocycles. The molecule has 0 fully saturated rings. The van der Waals surface area contributed by atoms with E-state index in [4.69, 9.17) is 32.7 Å². The van der Waals surface area contributed by atoms with Gasteiger partial charge in [0, 0.05) is 27.7 Å². The molecule has 0 saturated carbocycles. The Morgan fingerprint density at radius 3 is 2.43 bits per heavy atom. The van der Waals surface area contributed by atoms with Crippen molar-refractivity contribution >= 4 is 48.0 Å². The van der Waals surface area contributed by atoms with Crippen molar-refractivity contribution in [3.63, 3.8) is 0 Å². The Morgan fingerprint density at radius 1 is 1.04 bits per heavy atom. The minimum Gasteiger partial charge on any atom is -0.493 e. The monoisotopic (exact) mass is 468 g/mol. The Morgan fingerprint density at radius 2 is 1.79 bits per heavy atom. The van der Waals surface area contributed by atoms with Crippen LogP contribution in [0.5, 0.6) is 11.5 Å². The molecule has 0 heterocycles. The highest BCUT2D eigenvalue weighted by molar-refractivity contribution is 6.35. The molecule has 0 unspecified atom stereocenters. The van der Waals surface area contributed by atoms with Gasteiger partial charge in [-0.15, -0.1) is 24.8 Å². The fraction of sp³-hybridized carbons (Fsp3) is 0.400. The van der Waals surface area contributed by atoms with Gasteiger partial charge >= 0.3 is 0 Å². The number of hydrogen-bond acceptors (Lipinski definition) is 4. The SMILES string of the molecule is COc1cccc(CNCCCN(C)C)c1OCc1ccc(Cl)cc1Cl.Cl.Cl. The van der Waals surface area contributed by atoms with Crippen LogP contribution in [0.25, 0.3) is 0 Å². The molecule has 0 saturated heterocycles. The standard InChI is InChI=1S/C20H26Cl2N2O2.2ClH/c1-24(2)11-5-10-23-13-15-6-4-7-19(25-3)20(15)26-14-16-8-9-17(21)12-18(16)22;;/h4,6-9,12,23H,5,10-11,13-14H2,1-3H3;2*1H. The summed E-state index contributed by atoms with van der Waals surface area (Å²) in [6.45, 7) is 3.07. The van der Waals surface area contributed by atoms with Crippen molar-refractivity contribution in [2.75, 3.05) is 34.3 Å². The van der Waals surface area contributed by atoms with Crippen molar-refractivity contribution in [2.45, 2.75) is 19.6 Å². The number of methoxy groups -OCH3 is 1. The molecule has 158 valence electrons. The summed E-state index contributed by atoms with van der Waals surface area (Å²) in [7, 11) is 5.80. The summed E-state index contributed by atoms with van der Waals surface area (Å²) in [6.07, 6.45) is 1.09. The average Bonchev–Trinajstić information content (AvgIpc) is 2.60. The Hall–Kier alpha value is -0.880. The van der Waals surface area contributed by atoms with Crippen molar-refractivity contribution in [1.29, 1.82) is 0 Å². The van der Waals surface area contributed by atoms with E-state index in [1.54, 1.807) is 13.2 Å². The van der Waals surface area contributed by atoms with Crippen LogP contribution >= 0.6 is 48.0 Å². The Bertz CT molecular complexity index is 715. The fourth-order valence-electron chi connectivity index (χ4n) is 2.56. The van der Waals surface area contributed by atoms with E-state index in [-0.39, 0.29) is 24.8 Å². The largest absolute Gasteiger partial charge is 0.493 e. The first-order chi connectivity index (χ1) is 12.5. The topological polar surface area (TPSA) is 33.7 Å². The summed E-state index contributed by atoms with van der Waals surface area (Å²) < 4.78 is 11.5. The molecule has 0 amide bonds. The van der Waals surface area contributed by atoms with Crippen LogP contribution in [0.15, 0.2) is 36.4 Å². The van der Waals surface area contributed by atoms with Crippen molar-refractivity contribution in [3.8, 4) is 11.5 Å². The summed E-state index contributed by atoms with van der Waals surface area (Å²) >= 11 is 12.2. The normalized spacial score (nSPS) is 10.2. The summed E-state index contributed by atoms with van der Waals surface area (Å²) in [5.74, 6) is 1.45. The van der Waals surface area contributed by atoms with Gasteiger partial charge in [-0.25, -0.2) is 0 Å². The zero-order chi connectivity index (χ0) is 18.9. The Balaban J connectivity index is 0.00000364. The maximum Gasteiger partial charge on any atom is 0.166 e. The number of nitrogens with zero attached hydrogens (tertiary/aromatic N) is 1. The molecular weight excluding hydrogens is 442 g/mol. The number of halogens is 4. The van der Waals surface area contributed by atoms with Gasteiger partial charge in [0.2, 0.25) is 0 Å². The molecule has 8 heteroatoms. The van der Waals surface area contributed by atoms with Crippen LogP contribution in [0, 0.1) is 0 Å². The number of para-hydroxylation sites is 1. The Labute approximate surface area is 190 Å². The molecular formula is C20H28Cl4N2O2. The molecule has 1 N–H and O–H groups in total. The zero-order valence-corrected chi connectivity index (χ0v) is 19.5. The molecule has 0 bridgehead atoms. The van der Waals surface area contributed by atoms with Gasteiger partial charge in [-0.3, -0.25) is 0 Å². The molecule has 2 aromatic rings. The lowest BCUT2D eigenvalue weighted by molar-refractivity contribution is 0.280. The van der Waals surface area contributed by atoms with E-state index in [1.807, 2.05) is 30.3 Å². The lowest BCUT2D eigenvalue weighted by Crippen LogP contribution is -2.21. The van der Waals surface area contributed by atoms with Crippen molar-refractivity contribution in [1.82, 2.24) is 10.2 Å². The highest BCUT2D eigenvalue weighted by Crippen LogP contribution is 2.32. The molecule has 2 rings (SSSR count). The maximum absolute atomic E-state index is 6.24. The Kier molecular flexibility index (Phi) is 13.7. The van der Waals surface area contributed by atoms with Crippen molar-refractivity contribution in [3.05, 3.63) is 57.6 Å². The molecule has 4 nitrogen and oxygen atoms in total. The highest BCUT2D eigenvalue weighted by atomic mass is 35.5. The van der Waals surface area contributed by atoms with Gasteiger partial charge in [-0.1, -0.05) is 41.4 Å². The number of hydrogen-bond donors (Lipinski definition) is 1. The second-order valence-corrected chi connectivity index (χ2v) is 7.15. The van der Waals surface area contributed by atoms with Crippen LogP contribution in [0.1, 0.15) is 17.5 Å². The van der Waals surface area contributed by atoms with Gasteiger partial charge in [-0.2, -0.15) is 0 Å². The first-order valence-electron chi connectivity index (χ1n) is 8.59. The highest BCUT2D eigenvalue weighted by Gasteiger charge is 2.12. The van der Waals surface area contributed by atoms with Gasteiger partial charge in [0.15, 0.2) is 11.5 Å². The number of nitrogens with one attached hydrogen (secondary N) is 1. The predicted octanol–water partition coefficient (Wildman–Crippen LogP) is 5.47. The second kappa shape index (κ2) is 14.2. The lowest BCUT2D eigenvalue weighted by atomic mass is 10.1. The fourth-order valence-corrected chi connectivity index (χ4v) is 3.02. The summed E-state index contributed by atoms with van der Waals surface area (Å²) in [5, 5.41) is 4.66. The quantitative estimate of drug-likeness (QED) is 0.468. The van der Waals surface area contributed by atoms with E-state index >= 15 is 0 Å². The maximum atomic E-state index is 6.24. The third-order valence-electron chi connectivity index (χ3n) is 3.94. The van der Waals surface area contributed by atoms with E-state index in [1.165, 1.54) is 0 Å². The third kappa shape index (κ3) is 8.64. The van der Waals surface area contributed by atoms with E-state index in [0.29, 0.717) is 28.9 Å². The van der Waals surface area contributed by atoms with Crippen LogP contribution in [0.4, 0.5) is 0 Å². The van der Waals surface area contributed by atoms with E-state index in [0.717, 1.165) is 36.4 Å². The van der Waals surface area contributed by atoms with Crippen LogP contribution in [-0.4, -0.2) is 39.2 Å². The first kappa shape index (κ1) is 27.1. The molecule has 2 aromatic carbocycles. The zero-order valence-electron chi connectivity index (χ0n) is 16.3. The van der Waals surface area contributed by atoms with Crippen LogP contribution in [0.3, 0.4) is 0 Å². The number of benzene rings is 2. The third-order valence-corrected chi connectivity index (χ3v) is 4.53. The molecule has 0 atom stereocenters. The van der Waals surface area contributed by atoms with Gasteiger partial charge in [0.05, 0.1) is 7.11 Å². The molecule has 0 aliphatic carbocycles. The van der Waals surface area contributed by atoms with Crippen LogP contribution in [-0.2, 0) is 13.2 Å². The van der Waals surface area contributed by atoms with E-state index < -0.39 is 0 Å². The van der Waals surface area contributed by atoms with E-state index in [9.17, 15) is 0 Å². The summed E-state index contributed by atoms with van der Waals surface area (Å²) in [4.78, 5) is 2.18. The molecule has 0 aliphatic rings. The van der Waals surface area contributed by atoms with Gasteiger partial charge < -0.3 is 19.7 Å².